The molecule has 0 heterocycles. The topological polar surface area (TPSA) is 29.1 Å². The summed E-state index contributed by atoms with van der Waals surface area (Å²) >= 11 is 3.43. The molecule has 2 saturated carbocycles. The number of amides is 1. The summed E-state index contributed by atoms with van der Waals surface area (Å²) in [7, 11) is 0. The van der Waals surface area contributed by atoms with Crippen molar-refractivity contribution in [3.63, 3.8) is 0 Å². The number of benzene rings is 1. The van der Waals surface area contributed by atoms with Crippen LogP contribution in [0.25, 0.3) is 0 Å². The molecule has 2 fully saturated rings. The lowest BCUT2D eigenvalue weighted by atomic mass is 10.1. The fraction of sp³-hybridized carbons (Fsp3) is 0.500. The van der Waals surface area contributed by atoms with E-state index < -0.39 is 0 Å². The Morgan fingerprint density at radius 1 is 1.18 bits per heavy atom. The molecule has 2 aliphatic rings. The van der Waals surface area contributed by atoms with Gasteiger partial charge in [0.2, 0.25) is 0 Å². The van der Waals surface area contributed by atoms with Crippen LogP contribution in [0, 0.1) is 11.8 Å². The second kappa shape index (κ2) is 4.45. The van der Waals surface area contributed by atoms with Gasteiger partial charge in [-0.15, -0.1) is 0 Å². The summed E-state index contributed by atoms with van der Waals surface area (Å²) in [6.07, 6.45) is 5.16. The van der Waals surface area contributed by atoms with Gasteiger partial charge in [0.15, 0.2) is 0 Å². The molecule has 0 radical (unpaired) electrons. The molecule has 17 heavy (non-hydrogen) atoms. The van der Waals surface area contributed by atoms with Gasteiger partial charge in [-0.1, -0.05) is 12.1 Å². The minimum atomic E-state index is 0.0706. The largest absolute Gasteiger partial charge is 0.349 e. The van der Waals surface area contributed by atoms with Crippen LogP contribution >= 0.6 is 15.9 Å². The summed E-state index contributed by atoms with van der Waals surface area (Å²) in [5, 5.41) is 3.23. The van der Waals surface area contributed by atoms with Crippen molar-refractivity contribution in [1.82, 2.24) is 5.32 Å². The quantitative estimate of drug-likeness (QED) is 0.906. The molecule has 0 bridgehead atoms. The average molecular weight is 294 g/mol. The molecule has 0 atom stereocenters. The van der Waals surface area contributed by atoms with Gasteiger partial charge in [-0.2, -0.15) is 0 Å². The zero-order chi connectivity index (χ0) is 11.8. The lowest BCUT2D eigenvalue weighted by Gasteiger charge is -2.18. The van der Waals surface area contributed by atoms with Crippen molar-refractivity contribution in [3.05, 3.63) is 34.3 Å². The normalized spacial score (nSPS) is 19.4. The summed E-state index contributed by atoms with van der Waals surface area (Å²) in [6, 6.07) is 8.05. The summed E-state index contributed by atoms with van der Waals surface area (Å²) < 4.78 is 0.878. The highest BCUT2D eigenvalue weighted by atomic mass is 79.9. The third kappa shape index (κ3) is 2.54. The third-order valence-electron chi connectivity index (χ3n) is 3.68. The first-order valence-electron chi connectivity index (χ1n) is 6.31. The summed E-state index contributed by atoms with van der Waals surface area (Å²) in [5.41, 5.74) is 0.749. The van der Waals surface area contributed by atoms with Crippen molar-refractivity contribution < 1.29 is 4.79 Å². The van der Waals surface area contributed by atoms with E-state index in [9.17, 15) is 4.79 Å². The van der Waals surface area contributed by atoms with Gasteiger partial charge in [-0.05, 0) is 65.6 Å². The average Bonchev–Trinajstić information content (AvgIpc) is 3.16. The molecule has 0 spiro atoms. The van der Waals surface area contributed by atoms with Crippen LogP contribution in [0.2, 0.25) is 0 Å². The van der Waals surface area contributed by atoms with Crippen LogP contribution in [-0.4, -0.2) is 11.9 Å². The molecule has 0 unspecified atom stereocenters. The van der Waals surface area contributed by atoms with Crippen molar-refractivity contribution in [2.45, 2.75) is 31.7 Å². The van der Waals surface area contributed by atoms with Crippen molar-refractivity contribution >= 4 is 21.8 Å². The van der Waals surface area contributed by atoms with Crippen molar-refractivity contribution in [3.8, 4) is 0 Å². The Morgan fingerprint density at radius 3 is 2.29 bits per heavy atom. The van der Waals surface area contributed by atoms with E-state index in [1.165, 1.54) is 25.7 Å². The minimum Gasteiger partial charge on any atom is -0.349 e. The molecule has 0 saturated heterocycles. The third-order valence-corrected chi connectivity index (χ3v) is 4.37. The maximum absolute atomic E-state index is 12.2. The zero-order valence-corrected chi connectivity index (χ0v) is 11.2. The van der Waals surface area contributed by atoms with E-state index in [-0.39, 0.29) is 5.91 Å². The van der Waals surface area contributed by atoms with Crippen molar-refractivity contribution in [1.29, 1.82) is 0 Å². The first-order chi connectivity index (χ1) is 8.25. The zero-order valence-electron chi connectivity index (χ0n) is 9.66. The SMILES string of the molecule is O=C(NC(C1CC1)C1CC1)c1ccccc1Br. The number of carbonyl (C=O) groups is 1. The molecule has 0 aliphatic heterocycles. The highest BCUT2D eigenvalue weighted by Gasteiger charge is 2.42. The Hall–Kier alpha value is -0.830. The van der Waals surface area contributed by atoms with Gasteiger partial charge in [-0.3, -0.25) is 4.79 Å². The second-order valence-electron chi connectivity index (χ2n) is 5.15. The molecule has 3 heteroatoms. The lowest BCUT2D eigenvalue weighted by Crippen LogP contribution is -2.38. The Labute approximate surface area is 110 Å². The number of hydrogen-bond donors (Lipinski definition) is 1. The van der Waals surface area contributed by atoms with E-state index in [4.69, 9.17) is 0 Å². The molecule has 2 nitrogen and oxygen atoms in total. The van der Waals surface area contributed by atoms with Gasteiger partial charge < -0.3 is 5.32 Å². The van der Waals surface area contributed by atoms with Crippen LogP contribution in [-0.2, 0) is 0 Å². The summed E-state index contributed by atoms with van der Waals surface area (Å²) in [6.45, 7) is 0. The Balaban J connectivity index is 1.71. The predicted molar refractivity (Wildman–Crippen MR) is 70.8 cm³/mol. The highest BCUT2D eigenvalue weighted by molar-refractivity contribution is 9.10. The first kappa shape index (κ1) is 11.3. The van der Waals surface area contributed by atoms with Crippen LogP contribution in [0.5, 0.6) is 0 Å². The van der Waals surface area contributed by atoms with E-state index in [1.54, 1.807) is 0 Å². The van der Waals surface area contributed by atoms with Crippen LogP contribution in [0.15, 0.2) is 28.7 Å². The summed E-state index contributed by atoms with van der Waals surface area (Å²) in [4.78, 5) is 12.2. The number of nitrogens with one attached hydrogen (secondary N) is 1. The maximum Gasteiger partial charge on any atom is 0.252 e. The molecular weight excluding hydrogens is 278 g/mol. The standard InChI is InChI=1S/C14H16BrNO/c15-12-4-2-1-3-11(12)14(17)16-13(9-5-6-9)10-7-8-10/h1-4,9-10,13H,5-8H2,(H,16,17). The van der Waals surface area contributed by atoms with Crippen LogP contribution in [0.4, 0.5) is 0 Å². The van der Waals surface area contributed by atoms with E-state index in [0.29, 0.717) is 6.04 Å². The van der Waals surface area contributed by atoms with Gasteiger partial charge in [-0.25, -0.2) is 0 Å². The Morgan fingerprint density at radius 2 is 1.76 bits per heavy atom. The van der Waals surface area contributed by atoms with Crippen LogP contribution in [0.3, 0.4) is 0 Å². The molecule has 2 aliphatic carbocycles. The van der Waals surface area contributed by atoms with Crippen LogP contribution in [0.1, 0.15) is 36.0 Å². The lowest BCUT2D eigenvalue weighted by molar-refractivity contribution is 0.0925. The highest BCUT2D eigenvalue weighted by Crippen LogP contribution is 2.44. The second-order valence-corrected chi connectivity index (χ2v) is 6.01. The minimum absolute atomic E-state index is 0.0706. The fourth-order valence-electron chi connectivity index (χ4n) is 2.41. The van der Waals surface area contributed by atoms with Crippen LogP contribution < -0.4 is 5.32 Å². The fourth-order valence-corrected chi connectivity index (χ4v) is 2.87. The van der Waals surface area contributed by atoms with Gasteiger partial charge >= 0.3 is 0 Å². The smallest absolute Gasteiger partial charge is 0.252 e. The number of rotatable bonds is 4. The summed E-state index contributed by atoms with van der Waals surface area (Å²) in [5.74, 6) is 1.56. The number of hydrogen-bond acceptors (Lipinski definition) is 1. The molecule has 1 aromatic carbocycles. The molecule has 90 valence electrons. The Bertz CT molecular complexity index is 426. The van der Waals surface area contributed by atoms with Crippen molar-refractivity contribution in [2.24, 2.45) is 11.8 Å². The van der Waals surface area contributed by atoms with E-state index in [1.807, 2.05) is 24.3 Å². The first-order valence-corrected chi connectivity index (χ1v) is 7.10. The predicted octanol–water partition coefficient (Wildman–Crippen LogP) is 3.37. The monoisotopic (exact) mass is 293 g/mol. The van der Waals surface area contributed by atoms with E-state index >= 15 is 0 Å². The van der Waals surface area contributed by atoms with E-state index in [2.05, 4.69) is 21.2 Å². The Kier molecular flexibility index (Phi) is 2.95. The van der Waals surface area contributed by atoms with Gasteiger partial charge in [0, 0.05) is 10.5 Å². The molecule has 1 N–H and O–H groups in total. The van der Waals surface area contributed by atoms with Gasteiger partial charge in [0.05, 0.1) is 5.56 Å². The molecular formula is C14H16BrNO. The number of carbonyl (C=O) groups excluding carboxylic acids is 1. The molecule has 1 amide bonds. The molecule has 3 rings (SSSR count). The maximum atomic E-state index is 12.2. The van der Waals surface area contributed by atoms with Crippen molar-refractivity contribution in [2.75, 3.05) is 0 Å². The number of halogens is 1. The molecule has 1 aromatic rings. The van der Waals surface area contributed by atoms with Gasteiger partial charge in [0.1, 0.15) is 0 Å². The van der Waals surface area contributed by atoms with Gasteiger partial charge in [0.25, 0.3) is 5.91 Å². The van der Waals surface area contributed by atoms with E-state index in [0.717, 1.165) is 21.9 Å². The molecule has 0 aromatic heterocycles.